The van der Waals surface area contributed by atoms with E-state index in [4.69, 9.17) is 14.6 Å². The Hall–Kier alpha value is -3.43. The van der Waals surface area contributed by atoms with Crippen LogP contribution in [0.2, 0.25) is 0 Å². The molecule has 4 rings (SSSR count). The Morgan fingerprint density at radius 3 is 2.34 bits per heavy atom. The molecule has 168 valence electrons. The summed E-state index contributed by atoms with van der Waals surface area (Å²) >= 11 is 0. The molecule has 2 aromatic carbocycles. The number of nitrogens with one attached hydrogen (secondary N) is 1. The first-order valence-electron chi connectivity index (χ1n) is 10.6. The van der Waals surface area contributed by atoms with Crippen LogP contribution in [0, 0.1) is 6.92 Å². The molecule has 0 radical (unpaired) electrons. The second-order valence-electron chi connectivity index (χ2n) is 7.46. The first kappa shape index (κ1) is 21.8. The van der Waals surface area contributed by atoms with E-state index in [1.54, 1.807) is 7.11 Å². The lowest BCUT2D eigenvalue weighted by atomic mass is 10.3. The quantitative estimate of drug-likeness (QED) is 0.552. The first-order valence-corrected chi connectivity index (χ1v) is 10.6. The van der Waals surface area contributed by atoms with Crippen LogP contribution in [0.4, 0.5) is 17.6 Å². The summed E-state index contributed by atoms with van der Waals surface area (Å²) in [5, 5.41) is 12.4. The fourth-order valence-electron chi connectivity index (χ4n) is 3.54. The van der Waals surface area contributed by atoms with Gasteiger partial charge in [0, 0.05) is 38.4 Å². The summed E-state index contributed by atoms with van der Waals surface area (Å²) in [6.07, 6.45) is 0. The molecule has 1 aliphatic rings. The summed E-state index contributed by atoms with van der Waals surface area (Å²) in [7, 11) is 1.62. The Morgan fingerprint density at radius 2 is 1.66 bits per heavy atom. The summed E-state index contributed by atoms with van der Waals surface area (Å²) in [5.74, 6) is 3.87. The van der Waals surface area contributed by atoms with E-state index >= 15 is 0 Å². The summed E-state index contributed by atoms with van der Waals surface area (Å²) in [5.41, 5.74) is 0.849. The highest BCUT2D eigenvalue weighted by molar-refractivity contribution is 5.56. The standard InChI is InChI=1S/C23H28N6O3/c1-17-24-22(27-23(25-17)29-13-11-28(12-14-29)15-16-30)26-18-7-9-19(10-8-18)32-21-6-4-3-5-20(21)31-2/h3-10,30H,11-16H2,1-2H3,(H,24,25,26,27). The summed E-state index contributed by atoms with van der Waals surface area (Å²) in [6, 6.07) is 15.1. The van der Waals surface area contributed by atoms with Crippen molar-refractivity contribution >= 4 is 17.6 Å². The number of aliphatic hydroxyl groups is 1. The van der Waals surface area contributed by atoms with Gasteiger partial charge in [-0.3, -0.25) is 4.90 Å². The number of benzene rings is 2. The zero-order chi connectivity index (χ0) is 22.3. The van der Waals surface area contributed by atoms with Gasteiger partial charge in [0.2, 0.25) is 11.9 Å². The number of hydrogen-bond acceptors (Lipinski definition) is 9. The molecule has 1 aliphatic heterocycles. The van der Waals surface area contributed by atoms with Crippen molar-refractivity contribution in [1.29, 1.82) is 0 Å². The molecular weight excluding hydrogens is 408 g/mol. The average molecular weight is 437 g/mol. The van der Waals surface area contributed by atoms with E-state index in [1.807, 2.05) is 55.5 Å². The van der Waals surface area contributed by atoms with Crippen molar-refractivity contribution in [3.63, 3.8) is 0 Å². The molecule has 0 atom stereocenters. The maximum Gasteiger partial charge on any atom is 0.232 e. The number of hydrogen-bond donors (Lipinski definition) is 2. The average Bonchev–Trinajstić information content (AvgIpc) is 2.81. The van der Waals surface area contributed by atoms with Crippen molar-refractivity contribution in [2.45, 2.75) is 6.92 Å². The number of para-hydroxylation sites is 2. The normalized spacial score (nSPS) is 14.3. The smallest absolute Gasteiger partial charge is 0.232 e. The van der Waals surface area contributed by atoms with Gasteiger partial charge in [0.15, 0.2) is 11.5 Å². The van der Waals surface area contributed by atoms with Gasteiger partial charge in [-0.05, 0) is 43.3 Å². The van der Waals surface area contributed by atoms with E-state index in [0.717, 1.165) is 31.9 Å². The van der Waals surface area contributed by atoms with Crippen molar-refractivity contribution in [3.8, 4) is 17.2 Å². The number of β-amino-alcohol motifs (C(OH)–C–C–N with tert-alkyl or cyclic N) is 1. The SMILES string of the molecule is COc1ccccc1Oc1ccc(Nc2nc(C)nc(N3CCN(CCO)CC3)n2)cc1. The topological polar surface area (TPSA) is 95.9 Å². The number of piperazine rings is 1. The van der Waals surface area contributed by atoms with E-state index in [1.165, 1.54) is 0 Å². The molecule has 1 aromatic heterocycles. The largest absolute Gasteiger partial charge is 0.493 e. The minimum absolute atomic E-state index is 0.182. The Balaban J connectivity index is 1.42. The molecule has 1 fully saturated rings. The number of rotatable bonds is 8. The highest BCUT2D eigenvalue weighted by Gasteiger charge is 2.19. The fraction of sp³-hybridized carbons (Fsp3) is 0.348. The van der Waals surface area contributed by atoms with E-state index in [9.17, 15) is 0 Å². The van der Waals surface area contributed by atoms with E-state index < -0.39 is 0 Å². The number of methoxy groups -OCH3 is 1. The number of aliphatic hydroxyl groups excluding tert-OH is 1. The Bertz CT molecular complexity index is 1020. The summed E-state index contributed by atoms with van der Waals surface area (Å²) in [4.78, 5) is 17.9. The molecule has 3 aromatic rings. The number of ether oxygens (including phenoxy) is 2. The maximum absolute atomic E-state index is 9.12. The molecule has 0 aliphatic carbocycles. The first-order chi connectivity index (χ1) is 15.6. The molecule has 9 nitrogen and oxygen atoms in total. The van der Waals surface area contributed by atoms with Crippen LogP contribution in [0.1, 0.15) is 5.82 Å². The lowest BCUT2D eigenvalue weighted by molar-refractivity contribution is 0.188. The lowest BCUT2D eigenvalue weighted by Gasteiger charge is -2.34. The van der Waals surface area contributed by atoms with Gasteiger partial charge in [-0.15, -0.1) is 0 Å². The molecule has 1 saturated heterocycles. The van der Waals surface area contributed by atoms with Gasteiger partial charge < -0.3 is 24.8 Å². The highest BCUT2D eigenvalue weighted by atomic mass is 16.5. The van der Waals surface area contributed by atoms with Crippen LogP contribution in [0.5, 0.6) is 17.2 Å². The molecule has 2 N–H and O–H groups in total. The van der Waals surface area contributed by atoms with E-state index in [2.05, 4.69) is 30.1 Å². The third-order valence-electron chi connectivity index (χ3n) is 5.21. The van der Waals surface area contributed by atoms with Crippen molar-refractivity contribution in [2.75, 3.05) is 56.7 Å². The zero-order valence-electron chi connectivity index (χ0n) is 18.4. The van der Waals surface area contributed by atoms with Crippen LogP contribution >= 0.6 is 0 Å². The van der Waals surface area contributed by atoms with Gasteiger partial charge in [-0.1, -0.05) is 12.1 Å². The van der Waals surface area contributed by atoms with Gasteiger partial charge >= 0.3 is 0 Å². The summed E-state index contributed by atoms with van der Waals surface area (Å²) in [6.45, 7) is 6.14. The maximum atomic E-state index is 9.12. The molecule has 9 heteroatoms. The van der Waals surface area contributed by atoms with Crippen LogP contribution in [0.3, 0.4) is 0 Å². The third kappa shape index (κ3) is 5.43. The minimum Gasteiger partial charge on any atom is -0.493 e. The molecule has 0 amide bonds. The van der Waals surface area contributed by atoms with Gasteiger partial charge in [0.05, 0.1) is 13.7 Å². The lowest BCUT2D eigenvalue weighted by Crippen LogP contribution is -2.47. The van der Waals surface area contributed by atoms with Crippen molar-refractivity contribution in [3.05, 3.63) is 54.4 Å². The Labute approximate surface area is 187 Å². The summed E-state index contributed by atoms with van der Waals surface area (Å²) < 4.78 is 11.3. The van der Waals surface area contributed by atoms with Crippen LogP contribution in [0.25, 0.3) is 0 Å². The monoisotopic (exact) mass is 436 g/mol. The van der Waals surface area contributed by atoms with E-state index in [0.29, 0.717) is 41.5 Å². The molecule has 0 bridgehead atoms. The molecular formula is C23H28N6O3. The van der Waals surface area contributed by atoms with Crippen LogP contribution in [0.15, 0.2) is 48.5 Å². The predicted molar refractivity (Wildman–Crippen MR) is 123 cm³/mol. The predicted octanol–water partition coefficient (Wildman–Crippen LogP) is 2.84. The minimum atomic E-state index is 0.182. The highest BCUT2D eigenvalue weighted by Crippen LogP contribution is 2.31. The zero-order valence-corrected chi connectivity index (χ0v) is 18.4. The second-order valence-corrected chi connectivity index (χ2v) is 7.46. The van der Waals surface area contributed by atoms with E-state index in [-0.39, 0.29) is 6.61 Å². The molecule has 0 spiro atoms. The van der Waals surface area contributed by atoms with Crippen molar-refractivity contribution in [1.82, 2.24) is 19.9 Å². The second kappa shape index (κ2) is 10.3. The number of aryl methyl sites for hydroxylation is 1. The van der Waals surface area contributed by atoms with Crippen LogP contribution in [-0.4, -0.2) is 71.4 Å². The van der Waals surface area contributed by atoms with Gasteiger partial charge in [0.25, 0.3) is 0 Å². The molecule has 32 heavy (non-hydrogen) atoms. The number of anilines is 3. The van der Waals surface area contributed by atoms with Gasteiger partial charge in [-0.25, -0.2) is 0 Å². The van der Waals surface area contributed by atoms with Gasteiger partial charge in [0.1, 0.15) is 11.6 Å². The van der Waals surface area contributed by atoms with Crippen molar-refractivity contribution in [2.24, 2.45) is 0 Å². The Morgan fingerprint density at radius 1 is 0.938 bits per heavy atom. The number of aromatic nitrogens is 3. The molecule has 0 unspecified atom stereocenters. The Kier molecular flexibility index (Phi) is 6.98. The van der Waals surface area contributed by atoms with Crippen molar-refractivity contribution < 1.29 is 14.6 Å². The van der Waals surface area contributed by atoms with Gasteiger partial charge in [-0.2, -0.15) is 15.0 Å². The number of nitrogens with zero attached hydrogens (tertiary/aromatic N) is 5. The fourth-order valence-corrected chi connectivity index (χ4v) is 3.54. The van der Waals surface area contributed by atoms with Crippen LogP contribution in [-0.2, 0) is 0 Å². The molecule has 2 heterocycles. The molecule has 0 saturated carbocycles. The van der Waals surface area contributed by atoms with Crippen LogP contribution < -0.4 is 19.7 Å². The third-order valence-corrected chi connectivity index (χ3v) is 5.21.